The second-order valence-corrected chi connectivity index (χ2v) is 6.42. The molecule has 3 rings (SSSR count). The molecule has 2 amide bonds. The van der Waals surface area contributed by atoms with Gasteiger partial charge in [0.2, 0.25) is 0 Å². The second kappa shape index (κ2) is 8.39. The van der Waals surface area contributed by atoms with Crippen LogP contribution in [-0.4, -0.2) is 47.9 Å². The fourth-order valence-electron chi connectivity index (χ4n) is 2.68. The molecule has 0 radical (unpaired) electrons. The van der Waals surface area contributed by atoms with Gasteiger partial charge in [0, 0.05) is 28.1 Å². The molecule has 1 heterocycles. The van der Waals surface area contributed by atoms with Gasteiger partial charge in [-0.1, -0.05) is 24.3 Å². The van der Waals surface area contributed by atoms with Crippen molar-refractivity contribution in [1.29, 1.82) is 0 Å². The second-order valence-electron chi connectivity index (χ2n) is 6.42. The number of benzene rings is 2. The van der Waals surface area contributed by atoms with Gasteiger partial charge in [-0.05, 0) is 24.3 Å². The average Bonchev–Trinajstić information content (AvgIpc) is 2.74. The summed E-state index contributed by atoms with van der Waals surface area (Å²) in [6, 6.07) is 13.9. The van der Waals surface area contributed by atoms with E-state index in [-0.39, 0.29) is 20.3 Å². The Morgan fingerprint density at radius 1 is 1.10 bits per heavy atom. The van der Waals surface area contributed by atoms with Crippen LogP contribution in [0.1, 0.15) is 23.7 Å². The molecule has 3 aromatic rings. The lowest BCUT2D eigenvalue weighted by Gasteiger charge is -2.12. The summed E-state index contributed by atoms with van der Waals surface area (Å²) in [5.41, 5.74) is 8.10. The molecular formula is C21H25N5O3. The molecule has 0 atom stereocenters. The van der Waals surface area contributed by atoms with Gasteiger partial charge in [-0.15, -0.1) is 0 Å². The first-order valence-corrected chi connectivity index (χ1v) is 8.79. The zero-order chi connectivity index (χ0) is 21.0. The molecule has 0 unspecified atom stereocenters. The zero-order valence-corrected chi connectivity index (χ0v) is 16.3. The van der Waals surface area contributed by atoms with Gasteiger partial charge < -0.3 is 20.7 Å². The van der Waals surface area contributed by atoms with Crippen molar-refractivity contribution in [1.82, 2.24) is 14.9 Å². The number of anilines is 2. The largest absolute Gasteiger partial charge is 0.495 e. The summed E-state index contributed by atoms with van der Waals surface area (Å²) in [6.07, 6.45) is 1.48. The number of carbonyl (C=O) groups excluding carboxylic acids is 2. The zero-order valence-electron chi connectivity index (χ0n) is 16.3. The molecule has 0 aliphatic rings. The minimum absolute atomic E-state index is 0. The first-order valence-electron chi connectivity index (χ1n) is 8.79. The molecule has 8 nitrogen and oxygen atoms in total. The number of nitrogens with one attached hydrogen (secondary N) is 1. The van der Waals surface area contributed by atoms with Gasteiger partial charge in [-0.2, -0.15) is 0 Å². The Kier molecular flexibility index (Phi) is 5.73. The van der Waals surface area contributed by atoms with Gasteiger partial charge in [0.1, 0.15) is 5.75 Å². The van der Waals surface area contributed by atoms with E-state index < -0.39 is 5.91 Å². The summed E-state index contributed by atoms with van der Waals surface area (Å²) in [5.74, 6) is -0.0668. The van der Waals surface area contributed by atoms with Crippen LogP contribution in [0.5, 0.6) is 5.75 Å². The van der Waals surface area contributed by atoms with E-state index in [9.17, 15) is 9.59 Å². The maximum absolute atomic E-state index is 12.7. The molecule has 0 bridgehead atoms. The van der Waals surface area contributed by atoms with Crippen LogP contribution in [0.15, 0.2) is 54.7 Å². The number of methoxy groups -OCH3 is 1. The van der Waals surface area contributed by atoms with E-state index >= 15 is 0 Å². The highest BCUT2D eigenvalue weighted by Crippen LogP contribution is 2.25. The van der Waals surface area contributed by atoms with Crippen LogP contribution in [-0.2, 0) is 0 Å². The van der Waals surface area contributed by atoms with Crippen molar-refractivity contribution < 1.29 is 17.2 Å². The minimum Gasteiger partial charge on any atom is -0.495 e. The summed E-state index contributed by atoms with van der Waals surface area (Å²) >= 11 is 0. The third kappa shape index (κ3) is 4.32. The Hall–Kier alpha value is -3.94. The summed E-state index contributed by atoms with van der Waals surface area (Å²) in [5, 5.41) is 2.74. The molecule has 3 N–H and O–H groups in total. The van der Waals surface area contributed by atoms with Gasteiger partial charge in [-0.25, -0.2) is 9.97 Å². The average molecular weight is 395 g/mol. The van der Waals surface area contributed by atoms with Crippen LogP contribution in [0.3, 0.4) is 0 Å². The first kappa shape index (κ1) is 19.8. The number of ether oxygens (including phenoxy) is 1. The van der Waals surface area contributed by atoms with Crippen molar-refractivity contribution >= 4 is 23.3 Å². The lowest BCUT2D eigenvalue weighted by Crippen LogP contribution is -2.21. The Morgan fingerprint density at radius 2 is 1.79 bits per heavy atom. The minimum atomic E-state index is -0.499. The number of hydrogen-bond donors (Lipinski definition) is 2. The maximum Gasteiger partial charge on any atom is 0.278 e. The lowest BCUT2D eigenvalue weighted by atomic mass is 10.1. The van der Waals surface area contributed by atoms with Gasteiger partial charge >= 0.3 is 0 Å². The Balaban J connectivity index is 0.00000240. The molecule has 0 aliphatic carbocycles. The van der Waals surface area contributed by atoms with Crippen molar-refractivity contribution in [2.24, 2.45) is 0 Å². The normalized spacial score (nSPS) is 10.3. The summed E-state index contributed by atoms with van der Waals surface area (Å²) in [6.45, 7) is 0. The molecule has 0 aliphatic heterocycles. The number of rotatable bonds is 5. The predicted molar refractivity (Wildman–Crippen MR) is 115 cm³/mol. The van der Waals surface area contributed by atoms with E-state index in [1.54, 1.807) is 62.6 Å². The Bertz CT molecular complexity index is 1060. The number of nitrogens with zero attached hydrogens (tertiary/aromatic N) is 3. The van der Waals surface area contributed by atoms with Crippen LogP contribution < -0.4 is 15.8 Å². The van der Waals surface area contributed by atoms with Crippen molar-refractivity contribution in [2.75, 3.05) is 32.3 Å². The van der Waals surface area contributed by atoms with Crippen molar-refractivity contribution in [3.05, 3.63) is 66.0 Å². The number of hydrogen-bond acceptors (Lipinski definition) is 6. The fourth-order valence-corrected chi connectivity index (χ4v) is 2.68. The maximum atomic E-state index is 12.7. The van der Waals surface area contributed by atoms with E-state index in [1.807, 2.05) is 0 Å². The quantitative estimate of drug-likeness (QED) is 0.686. The molecule has 0 saturated carbocycles. The summed E-state index contributed by atoms with van der Waals surface area (Å²) in [4.78, 5) is 34.7. The SMILES string of the molecule is COc1ccccc1NC(=O)c1nc(-c2ccc(C(=O)N(C)C)cc2)cnc1N.[HH].[HH]. The van der Waals surface area contributed by atoms with E-state index in [4.69, 9.17) is 10.5 Å². The van der Waals surface area contributed by atoms with E-state index in [2.05, 4.69) is 15.3 Å². The van der Waals surface area contributed by atoms with Crippen molar-refractivity contribution in [3.63, 3.8) is 0 Å². The number of carbonyl (C=O) groups is 2. The van der Waals surface area contributed by atoms with E-state index in [0.29, 0.717) is 28.3 Å². The third-order valence-electron chi connectivity index (χ3n) is 4.20. The fraction of sp³-hybridized carbons (Fsp3) is 0.143. The third-order valence-corrected chi connectivity index (χ3v) is 4.20. The molecule has 1 aromatic heterocycles. The van der Waals surface area contributed by atoms with Crippen LogP contribution >= 0.6 is 0 Å². The number of aromatic nitrogens is 2. The number of nitrogens with two attached hydrogens (primary N) is 1. The smallest absolute Gasteiger partial charge is 0.278 e. The topological polar surface area (TPSA) is 110 Å². The van der Waals surface area contributed by atoms with Gasteiger partial charge in [-0.3, -0.25) is 9.59 Å². The van der Waals surface area contributed by atoms with Crippen molar-refractivity contribution in [2.45, 2.75) is 0 Å². The molecule has 0 fully saturated rings. The first-order chi connectivity index (χ1) is 13.9. The number of para-hydroxylation sites is 2. The standard InChI is InChI=1S/C21H21N5O3.2H2/c1-26(2)21(28)14-10-8-13(9-11-14)16-12-23-19(22)18(24-16)20(27)25-15-6-4-5-7-17(15)29-3;;/h4-12H,1-3H3,(H2,22,23)(H,25,27);2*1H. The summed E-state index contributed by atoms with van der Waals surface area (Å²) < 4.78 is 5.24. The van der Waals surface area contributed by atoms with Crippen LogP contribution in [0.2, 0.25) is 0 Å². The molecule has 8 heteroatoms. The predicted octanol–water partition coefficient (Wildman–Crippen LogP) is 3.18. The van der Waals surface area contributed by atoms with Gasteiger partial charge in [0.05, 0.1) is 24.7 Å². The highest BCUT2D eigenvalue weighted by atomic mass is 16.5. The molecule has 2 aromatic carbocycles. The van der Waals surface area contributed by atoms with E-state index in [1.165, 1.54) is 18.2 Å². The highest BCUT2D eigenvalue weighted by molar-refractivity contribution is 6.06. The van der Waals surface area contributed by atoms with Crippen LogP contribution in [0.4, 0.5) is 11.5 Å². The van der Waals surface area contributed by atoms with Crippen LogP contribution in [0, 0.1) is 0 Å². The number of amides is 2. The molecule has 152 valence electrons. The highest BCUT2D eigenvalue weighted by Gasteiger charge is 2.17. The Labute approximate surface area is 171 Å². The molecule has 0 saturated heterocycles. The van der Waals surface area contributed by atoms with Gasteiger partial charge in [0.25, 0.3) is 11.8 Å². The molecule has 0 spiro atoms. The van der Waals surface area contributed by atoms with Crippen LogP contribution in [0.25, 0.3) is 11.3 Å². The van der Waals surface area contributed by atoms with Crippen molar-refractivity contribution in [3.8, 4) is 17.0 Å². The monoisotopic (exact) mass is 395 g/mol. The number of nitrogen functional groups attached to an aromatic ring is 1. The van der Waals surface area contributed by atoms with E-state index in [0.717, 1.165) is 0 Å². The summed E-state index contributed by atoms with van der Waals surface area (Å²) in [7, 11) is 4.90. The lowest BCUT2D eigenvalue weighted by molar-refractivity contribution is 0.0827. The molecule has 29 heavy (non-hydrogen) atoms. The van der Waals surface area contributed by atoms with Gasteiger partial charge in [0.15, 0.2) is 11.5 Å². The Morgan fingerprint density at radius 3 is 2.45 bits per heavy atom. The molecular weight excluding hydrogens is 370 g/mol.